The highest BCUT2D eigenvalue weighted by Gasteiger charge is 2.49. The van der Waals surface area contributed by atoms with Gasteiger partial charge in [0.1, 0.15) is 17.1 Å². The summed E-state index contributed by atoms with van der Waals surface area (Å²) in [5.74, 6) is -0.436. The minimum absolute atomic E-state index is 0.142. The van der Waals surface area contributed by atoms with E-state index in [1.165, 1.54) is 24.3 Å². The van der Waals surface area contributed by atoms with Gasteiger partial charge in [-0.05, 0) is 62.1 Å². The quantitative estimate of drug-likeness (QED) is 0.389. The van der Waals surface area contributed by atoms with Crippen molar-refractivity contribution < 1.29 is 28.3 Å². The van der Waals surface area contributed by atoms with Gasteiger partial charge in [-0.2, -0.15) is 0 Å². The van der Waals surface area contributed by atoms with Gasteiger partial charge in [-0.1, -0.05) is 6.07 Å². The van der Waals surface area contributed by atoms with Crippen LogP contribution in [0, 0.1) is 0 Å². The first-order chi connectivity index (χ1) is 18.2. The first-order valence-electron chi connectivity index (χ1n) is 12.0. The molecular formula is C27H27N5O6. The van der Waals surface area contributed by atoms with Crippen molar-refractivity contribution in [2.75, 3.05) is 34.3 Å². The number of likely N-dealkylation sites (N-methyl/N-ethyl adjacent to an activating group) is 1. The van der Waals surface area contributed by atoms with Crippen LogP contribution in [0.2, 0.25) is 0 Å². The molecule has 3 aromatic rings. The first-order valence-corrected chi connectivity index (χ1v) is 12.0. The van der Waals surface area contributed by atoms with Crippen molar-refractivity contribution in [1.82, 2.24) is 25.8 Å². The predicted molar refractivity (Wildman–Crippen MR) is 137 cm³/mol. The van der Waals surface area contributed by atoms with Crippen molar-refractivity contribution >= 4 is 34.7 Å². The molecule has 0 spiro atoms. The number of rotatable bonds is 8. The summed E-state index contributed by atoms with van der Waals surface area (Å²) in [4.78, 5) is 54.2. The molecule has 5 amide bonds. The Hall–Kier alpha value is -4.64. The highest BCUT2D eigenvalue weighted by molar-refractivity contribution is 6.09. The zero-order valence-electron chi connectivity index (χ0n) is 21.2. The molecule has 11 nitrogen and oxygen atoms in total. The van der Waals surface area contributed by atoms with E-state index in [1.54, 1.807) is 36.4 Å². The van der Waals surface area contributed by atoms with E-state index in [2.05, 4.69) is 16.0 Å². The minimum atomic E-state index is -1.68. The molecule has 11 heteroatoms. The average Bonchev–Trinajstić information content (AvgIpc) is 3.55. The zero-order valence-corrected chi connectivity index (χ0v) is 21.2. The Kier molecular flexibility index (Phi) is 6.37. The Labute approximate surface area is 218 Å². The molecule has 2 aliphatic rings. The number of nitrogens with zero attached hydrogens (tertiary/aromatic N) is 2. The maximum atomic E-state index is 13.0. The fraction of sp³-hybridized carbons (Fsp3) is 0.259. The second-order valence-corrected chi connectivity index (χ2v) is 9.41. The third-order valence-electron chi connectivity index (χ3n) is 6.56. The van der Waals surface area contributed by atoms with Gasteiger partial charge in [-0.3, -0.25) is 19.7 Å². The number of carbonyl (C=O) groups excluding carboxylic acids is 4. The fourth-order valence-corrected chi connectivity index (χ4v) is 4.47. The molecule has 196 valence electrons. The highest BCUT2D eigenvalue weighted by Crippen LogP contribution is 2.34. The lowest BCUT2D eigenvalue weighted by Crippen LogP contribution is -2.42. The number of furan rings is 1. The van der Waals surface area contributed by atoms with E-state index >= 15 is 0 Å². The van der Waals surface area contributed by atoms with E-state index in [-0.39, 0.29) is 17.6 Å². The van der Waals surface area contributed by atoms with E-state index in [0.717, 1.165) is 5.56 Å². The number of hydrogen-bond donors (Lipinski definition) is 3. The minimum Gasteiger partial charge on any atom is -0.497 e. The maximum absolute atomic E-state index is 13.0. The second-order valence-electron chi connectivity index (χ2n) is 9.41. The average molecular weight is 518 g/mol. The molecule has 3 heterocycles. The third-order valence-corrected chi connectivity index (χ3v) is 6.56. The van der Waals surface area contributed by atoms with Gasteiger partial charge >= 0.3 is 6.03 Å². The van der Waals surface area contributed by atoms with Crippen molar-refractivity contribution in [3.8, 4) is 5.75 Å². The van der Waals surface area contributed by atoms with E-state index in [4.69, 9.17) is 9.15 Å². The smallest absolute Gasteiger partial charge is 0.322 e. The molecule has 3 N–H and O–H groups in total. The fourth-order valence-electron chi connectivity index (χ4n) is 4.47. The summed E-state index contributed by atoms with van der Waals surface area (Å²) in [5.41, 5.74) is 0.502. The Morgan fingerprint density at radius 2 is 2.00 bits per heavy atom. The number of hydrogen-bond acceptors (Lipinski definition) is 7. The van der Waals surface area contributed by atoms with Crippen LogP contribution in [0.5, 0.6) is 5.75 Å². The molecule has 1 unspecified atom stereocenters. The van der Waals surface area contributed by atoms with Crippen LogP contribution in [0.1, 0.15) is 32.0 Å². The Bertz CT molecular complexity index is 1490. The van der Waals surface area contributed by atoms with Crippen LogP contribution in [0.15, 0.2) is 59.2 Å². The number of benzene rings is 2. The number of nitrogens with one attached hydrogen (secondary N) is 3. The zero-order chi connectivity index (χ0) is 27.0. The molecular weight excluding hydrogens is 490 g/mol. The van der Waals surface area contributed by atoms with E-state index in [1.807, 2.05) is 25.1 Å². The summed E-state index contributed by atoms with van der Waals surface area (Å²) in [6, 6.07) is 11.1. The summed E-state index contributed by atoms with van der Waals surface area (Å²) in [5, 5.41) is 8.31. The number of carbonyl (C=O) groups is 4. The van der Waals surface area contributed by atoms with Gasteiger partial charge in [0, 0.05) is 35.8 Å². The van der Waals surface area contributed by atoms with E-state index < -0.39 is 17.5 Å². The summed E-state index contributed by atoms with van der Waals surface area (Å²) in [7, 11) is 5.37. The summed E-state index contributed by atoms with van der Waals surface area (Å²) >= 11 is 0. The van der Waals surface area contributed by atoms with Crippen molar-refractivity contribution in [3.05, 3.63) is 77.2 Å². The van der Waals surface area contributed by atoms with Gasteiger partial charge < -0.3 is 29.6 Å². The number of imide groups is 1. The lowest BCUT2D eigenvalue weighted by molar-refractivity contribution is -0.123. The van der Waals surface area contributed by atoms with Gasteiger partial charge in [0.2, 0.25) is 0 Å². The van der Waals surface area contributed by atoms with Crippen LogP contribution in [0.25, 0.3) is 11.0 Å². The lowest BCUT2D eigenvalue weighted by atomic mass is 9.96. The normalized spacial score (nSPS) is 18.8. The van der Waals surface area contributed by atoms with Gasteiger partial charge in [-0.15, -0.1) is 0 Å². The molecule has 1 aromatic heterocycles. The summed E-state index contributed by atoms with van der Waals surface area (Å²) < 4.78 is 11.2. The van der Waals surface area contributed by atoms with Crippen LogP contribution in [0.3, 0.4) is 0 Å². The molecule has 38 heavy (non-hydrogen) atoms. The van der Waals surface area contributed by atoms with Crippen LogP contribution in [-0.2, 0) is 16.9 Å². The molecule has 0 bridgehead atoms. The topological polar surface area (TPSA) is 133 Å². The molecule has 1 saturated heterocycles. The van der Waals surface area contributed by atoms with Gasteiger partial charge in [0.05, 0.1) is 13.7 Å². The number of methoxy groups -OCH3 is 1. The number of fused-ring (bicyclic) bond motifs is 2. The van der Waals surface area contributed by atoms with Crippen molar-refractivity contribution in [1.29, 1.82) is 0 Å². The Morgan fingerprint density at radius 1 is 1.18 bits per heavy atom. The third kappa shape index (κ3) is 4.48. The largest absolute Gasteiger partial charge is 0.497 e. The Balaban J connectivity index is 1.44. The van der Waals surface area contributed by atoms with Crippen molar-refractivity contribution in [2.45, 2.75) is 12.1 Å². The first kappa shape index (κ1) is 25.0. The predicted octanol–water partition coefficient (Wildman–Crippen LogP) is 1.94. The number of amides is 5. The van der Waals surface area contributed by atoms with Crippen LogP contribution in [0.4, 0.5) is 4.79 Å². The molecule has 0 radical (unpaired) electrons. The monoisotopic (exact) mass is 517 g/mol. The van der Waals surface area contributed by atoms with Crippen LogP contribution >= 0.6 is 0 Å². The molecule has 2 aromatic carbocycles. The lowest BCUT2D eigenvalue weighted by Gasteiger charge is -2.20. The second kappa shape index (κ2) is 9.67. The van der Waals surface area contributed by atoms with E-state index in [9.17, 15) is 19.2 Å². The van der Waals surface area contributed by atoms with Crippen molar-refractivity contribution in [3.63, 3.8) is 0 Å². The summed E-state index contributed by atoms with van der Waals surface area (Å²) in [6.07, 6.45) is 2.90. The standard InChI is InChI=1S/C27H27N5O6/c1-31(2)11-9-28-23(33)16-5-7-21-18(12-16)13-22(38-21)27(25(35)29-26(36)30-27)8-10-32-15-17-4-6-19(37-3)14-20(17)24(32)34/h4-8,10,12-14H,9,11,15H2,1-3H3,(H,28,33)(H2,29,30,35,36). The van der Waals surface area contributed by atoms with Gasteiger partial charge in [-0.25, -0.2) is 4.79 Å². The number of ether oxygens (including phenoxy) is 1. The maximum Gasteiger partial charge on any atom is 0.322 e. The Morgan fingerprint density at radius 3 is 2.71 bits per heavy atom. The van der Waals surface area contributed by atoms with Crippen molar-refractivity contribution in [2.24, 2.45) is 0 Å². The molecule has 0 aliphatic carbocycles. The van der Waals surface area contributed by atoms with Crippen LogP contribution in [-0.4, -0.2) is 67.8 Å². The molecule has 0 saturated carbocycles. The van der Waals surface area contributed by atoms with Crippen LogP contribution < -0.4 is 20.7 Å². The summed E-state index contributed by atoms with van der Waals surface area (Å²) in [6.45, 7) is 1.49. The molecule has 2 aliphatic heterocycles. The molecule has 5 rings (SSSR count). The van der Waals surface area contributed by atoms with Gasteiger partial charge in [0.25, 0.3) is 17.7 Å². The highest BCUT2D eigenvalue weighted by atomic mass is 16.5. The number of urea groups is 1. The van der Waals surface area contributed by atoms with E-state index in [0.29, 0.717) is 47.5 Å². The van der Waals surface area contributed by atoms with Gasteiger partial charge in [0.15, 0.2) is 5.54 Å². The molecule has 1 atom stereocenters. The molecule has 1 fully saturated rings. The SMILES string of the molecule is COc1ccc2c(c1)C(=O)N(C=CC1(c3cc4cc(C(=O)NCCN(C)C)ccc4o3)NC(=O)NC1=O)C2.